The molecule has 0 radical (unpaired) electrons. The van der Waals surface area contributed by atoms with Gasteiger partial charge in [0.15, 0.2) is 0 Å². The number of halogens is 2. The van der Waals surface area contributed by atoms with Crippen LogP contribution in [0.3, 0.4) is 0 Å². The number of hydrogen-bond donors (Lipinski definition) is 2. The van der Waals surface area contributed by atoms with Gasteiger partial charge in [-0.05, 0) is 0 Å². The number of alkyl halides is 1. The van der Waals surface area contributed by atoms with Gasteiger partial charge in [-0.15, -0.1) is 12.4 Å². The highest BCUT2D eigenvalue weighted by atomic mass is 79.9. The van der Waals surface area contributed by atoms with E-state index >= 15 is 0 Å². The zero-order chi connectivity index (χ0) is 15.3. The van der Waals surface area contributed by atoms with Gasteiger partial charge in [-0.25, -0.2) is 0 Å². The fraction of sp³-hybridized carbons (Fsp3) is 0.636. The second kappa shape index (κ2) is 16.1. The molecule has 0 saturated carbocycles. The molecule has 0 heterocycles. The van der Waals surface area contributed by atoms with Crippen LogP contribution in [-0.2, 0) is 23.9 Å². The molecule has 0 spiro atoms. The molecule has 0 unspecified atom stereocenters. The quantitative estimate of drug-likeness (QED) is 0.472. The Morgan fingerprint density at radius 2 is 1.55 bits per heavy atom. The Bertz CT molecular complexity index is 308. The van der Waals surface area contributed by atoms with Gasteiger partial charge in [-0.3, -0.25) is 19.2 Å². The lowest BCUT2D eigenvalue weighted by Crippen LogP contribution is -2.14. The number of hydrogen-bond acceptors (Lipinski definition) is 6. The smallest absolute Gasteiger partial charge is 0.305 e. The second-order valence-corrected chi connectivity index (χ2v) is 3.95. The molecular formula is C11H19BrClNO6. The maximum Gasteiger partial charge on any atom is 0.305 e. The van der Waals surface area contributed by atoms with Gasteiger partial charge in [0.2, 0.25) is 0 Å². The summed E-state index contributed by atoms with van der Waals surface area (Å²) in [5.74, 6) is -1.49. The van der Waals surface area contributed by atoms with Crippen LogP contribution in [0.15, 0.2) is 0 Å². The van der Waals surface area contributed by atoms with Crippen molar-refractivity contribution in [1.82, 2.24) is 0 Å². The number of ketones is 2. The summed E-state index contributed by atoms with van der Waals surface area (Å²) in [6, 6.07) is 0. The number of rotatable bonds is 8. The standard InChI is InChI=1S/C6H9BrO3.C5H9NO3.ClH/c1-10-6(9)3-2-5(8)4-7;6-3-4(7)1-2-5(8)9;/h2-4H2,1H3;1-3,6H2,(H,8,9);1H. The van der Waals surface area contributed by atoms with Crippen LogP contribution in [0.5, 0.6) is 0 Å². The van der Waals surface area contributed by atoms with Crippen LogP contribution in [0.1, 0.15) is 25.7 Å². The zero-order valence-electron chi connectivity index (χ0n) is 11.1. The van der Waals surface area contributed by atoms with E-state index in [0.29, 0.717) is 5.33 Å². The fourth-order valence-electron chi connectivity index (χ4n) is 0.759. The van der Waals surface area contributed by atoms with Crippen LogP contribution >= 0.6 is 28.3 Å². The average Bonchev–Trinajstić information content (AvgIpc) is 2.41. The van der Waals surface area contributed by atoms with E-state index in [-0.39, 0.29) is 62.2 Å². The number of carboxylic acids is 1. The Morgan fingerprint density at radius 1 is 1.05 bits per heavy atom. The van der Waals surface area contributed by atoms with Crippen LogP contribution in [0.4, 0.5) is 0 Å². The first-order chi connectivity index (χ1) is 8.87. The summed E-state index contributed by atoms with van der Waals surface area (Å²) < 4.78 is 4.34. The van der Waals surface area contributed by atoms with Gasteiger partial charge >= 0.3 is 11.9 Å². The lowest BCUT2D eigenvalue weighted by molar-refractivity contribution is -0.141. The predicted octanol–water partition coefficient (Wildman–Crippen LogP) is 0.704. The van der Waals surface area contributed by atoms with Crippen molar-refractivity contribution in [2.24, 2.45) is 5.73 Å². The van der Waals surface area contributed by atoms with Crippen molar-refractivity contribution in [1.29, 1.82) is 0 Å². The molecule has 0 saturated heterocycles. The van der Waals surface area contributed by atoms with Crippen molar-refractivity contribution < 1.29 is 29.0 Å². The normalized spacial score (nSPS) is 8.55. The van der Waals surface area contributed by atoms with Gasteiger partial charge in [0.25, 0.3) is 0 Å². The van der Waals surface area contributed by atoms with Gasteiger partial charge in [0.05, 0.1) is 31.8 Å². The van der Waals surface area contributed by atoms with Gasteiger partial charge < -0.3 is 15.6 Å². The number of esters is 1. The van der Waals surface area contributed by atoms with Crippen molar-refractivity contribution in [2.75, 3.05) is 19.0 Å². The third kappa shape index (κ3) is 19.4. The molecule has 0 aliphatic carbocycles. The molecule has 9 heteroatoms. The number of carbonyl (C=O) groups is 4. The molecule has 3 N–H and O–H groups in total. The third-order valence-electron chi connectivity index (χ3n) is 1.83. The van der Waals surface area contributed by atoms with Crippen molar-refractivity contribution in [2.45, 2.75) is 25.7 Å². The Labute approximate surface area is 131 Å². The number of methoxy groups -OCH3 is 1. The van der Waals surface area contributed by atoms with E-state index < -0.39 is 5.97 Å². The third-order valence-corrected chi connectivity index (χ3v) is 2.46. The Hall–Kier alpha value is -0.990. The van der Waals surface area contributed by atoms with Crippen LogP contribution in [0.25, 0.3) is 0 Å². The Morgan fingerprint density at radius 3 is 1.90 bits per heavy atom. The van der Waals surface area contributed by atoms with Crippen LogP contribution in [0, 0.1) is 0 Å². The van der Waals surface area contributed by atoms with E-state index in [4.69, 9.17) is 10.8 Å². The van der Waals surface area contributed by atoms with Crippen molar-refractivity contribution in [3.63, 3.8) is 0 Å². The summed E-state index contributed by atoms with van der Waals surface area (Å²) in [6.07, 6.45) is 0.376. The largest absolute Gasteiger partial charge is 0.481 e. The predicted molar refractivity (Wildman–Crippen MR) is 78.2 cm³/mol. The molecule has 20 heavy (non-hydrogen) atoms. The van der Waals surface area contributed by atoms with Gasteiger partial charge in [-0.1, -0.05) is 15.9 Å². The molecule has 0 aromatic carbocycles. The van der Waals surface area contributed by atoms with Gasteiger partial charge in [-0.2, -0.15) is 0 Å². The van der Waals surface area contributed by atoms with Crippen molar-refractivity contribution in [3.05, 3.63) is 0 Å². The fourth-order valence-corrected chi connectivity index (χ4v) is 1.04. The van der Waals surface area contributed by atoms with E-state index in [2.05, 4.69) is 20.7 Å². The molecule has 0 rings (SSSR count). The molecule has 118 valence electrons. The van der Waals surface area contributed by atoms with Gasteiger partial charge in [0, 0.05) is 12.8 Å². The maximum atomic E-state index is 10.6. The van der Waals surface area contributed by atoms with E-state index in [1.807, 2.05) is 0 Å². The minimum absolute atomic E-state index is 0. The summed E-state index contributed by atoms with van der Waals surface area (Å²) in [6.45, 7) is -0.0622. The number of carboxylic acid groups (broad SMARTS) is 1. The summed E-state index contributed by atoms with van der Waals surface area (Å²) in [7, 11) is 1.31. The lowest BCUT2D eigenvalue weighted by atomic mass is 10.2. The lowest BCUT2D eigenvalue weighted by Gasteiger charge is -1.95. The molecule has 0 aromatic heterocycles. The summed E-state index contributed by atoms with van der Waals surface area (Å²) in [4.78, 5) is 41.2. The molecule has 0 amide bonds. The summed E-state index contributed by atoms with van der Waals surface area (Å²) in [5.41, 5.74) is 4.92. The molecular weight excluding hydrogens is 357 g/mol. The molecule has 0 aromatic rings. The average molecular weight is 377 g/mol. The molecule has 0 aliphatic rings. The second-order valence-electron chi connectivity index (χ2n) is 3.38. The van der Waals surface area contributed by atoms with Crippen LogP contribution in [0.2, 0.25) is 0 Å². The minimum Gasteiger partial charge on any atom is -0.481 e. The molecule has 0 atom stereocenters. The Balaban J connectivity index is -0.000000277. The number of ether oxygens (including phenoxy) is 1. The highest BCUT2D eigenvalue weighted by Gasteiger charge is 2.04. The summed E-state index contributed by atoms with van der Waals surface area (Å²) >= 11 is 2.99. The zero-order valence-corrected chi connectivity index (χ0v) is 13.5. The van der Waals surface area contributed by atoms with Crippen LogP contribution in [-0.4, -0.2) is 47.6 Å². The first-order valence-corrected chi connectivity index (χ1v) is 6.57. The van der Waals surface area contributed by atoms with Crippen molar-refractivity contribution in [3.8, 4) is 0 Å². The molecule has 0 bridgehead atoms. The first-order valence-electron chi connectivity index (χ1n) is 5.45. The molecule has 0 aliphatic heterocycles. The molecule has 7 nitrogen and oxygen atoms in total. The van der Waals surface area contributed by atoms with E-state index in [1.54, 1.807) is 0 Å². The SMILES string of the molecule is COC(=O)CCC(=O)CBr.Cl.NCC(=O)CCC(=O)O. The number of aliphatic carboxylic acids is 1. The highest BCUT2D eigenvalue weighted by molar-refractivity contribution is 9.09. The van der Waals surface area contributed by atoms with E-state index in [9.17, 15) is 19.2 Å². The topological polar surface area (TPSA) is 124 Å². The van der Waals surface area contributed by atoms with Crippen molar-refractivity contribution >= 4 is 51.8 Å². The van der Waals surface area contributed by atoms with Gasteiger partial charge in [0.1, 0.15) is 11.6 Å². The van der Waals surface area contributed by atoms with Crippen LogP contribution < -0.4 is 5.73 Å². The van der Waals surface area contributed by atoms with E-state index in [1.165, 1.54) is 7.11 Å². The highest BCUT2D eigenvalue weighted by Crippen LogP contribution is 1.95. The first kappa shape index (κ1) is 24.1. The number of carbonyl (C=O) groups excluding carboxylic acids is 3. The Kier molecular flexibility index (Phi) is 19.3. The van der Waals surface area contributed by atoms with E-state index in [0.717, 1.165) is 0 Å². The molecule has 0 fully saturated rings. The number of nitrogens with two attached hydrogens (primary N) is 1. The maximum absolute atomic E-state index is 10.6. The monoisotopic (exact) mass is 375 g/mol. The summed E-state index contributed by atoms with van der Waals surface area (Å²) in [5, 5.41) is 8.37. The number of Topliss-reactive ketones (excluding diaryl/α,β-unsaturated/α-hetero) is 2. The minimum atomic E-state index is -0.961.